The molecule has 4 rings (SSSR count). The van der Waals surface area contributed by atoms with Crippen molar-refractivity contribution in [2.24, 2.45) is 0 Å². The van der Waals surface area contributed by atoms with Crippen LogP contribution in [0.5, 0.6) is 0 Å². The van der Waals surface area contributed by atoms with Crippen LogP contribution in [0.1, 0.15) is 12.1 Å². The van der Waals surface area contributed by atoms with Crippen LogP contribution in [0.15, 0.2) is 42.3 Å². The van der Waals surface area contributed by atoms with Crippen molar-refractivity contribution in [1.82, 2.24) is 25.3 Å². The summed E-state index contributed by atoms with van der Waals surface area (Å²) in [6.07, 6.45) is 0.440. The second-order valence-corrected chi connectivity index (χ2v) is 7.45. The highest BCUT2D eigenvalue weighted by molar-refractivity contribution is 7.13. The third kappa shape index (κ3) is 4.64. The lowest BCUT2D eigenvalue weighted by atomic mass is 10.2. The molecule has 1 unspecified atom stereocenters. The van der Waals surface area contributed by atoms with Gasteiger partial charge in [-0.25, -0.2) is 14.8 Å². The first-order valence-electron chi connectivity index (χ1n) is 8.96. The highest BCUT2D eigenvalue weighted by atomic mass is 32.1. The van der Waals surface area contributed by atoms with Crippen LogP contribution >= 0.6 is 11.3 Å². The molecule has 3 aromatic rings. The van der Waals surface area contributed by atoms with E-state index in [-0.39, 0.29) is 23.7 Å². The lowest BCUT2D eigenvalue weighted by Gasteiger charge is -2.20. The fourth-order valence-electron chi connectivity index (χ4n) is 3.07. The summed E-state index contributed by atoms with van der Waals surface area (Å²) in [6.45, 7) is 0.788. The van der Waals surface area contributed by atoms with Gasteiger partial charge < -0.3 is 10.2 Å². The van der Waals surface area contributed by atoms with Gasteiger partial charge in [0.25, 0.3) is 0 Å². The van der Waals surface area contributed by atoms with Crippen molar-refractivity contribution in [3.05, 3.63) is 48.0 Å². The molecule has 0 spiro atoms. The summed E-state index contributed by atoms with van der Waals surface area (Å²) in [6, 6.07) is 3.42. The van der Waals surface area contributed by atoms with Crippen LogP contribution < -0.4 is 15.5 Å². The van der Waals surface area contributed by atoms with Crippen LogP contribution in [0.3, 0.4) is 0 Å². The van der Waals surface area contributed by atoms with E-state index in [0.717, 1.165) is 6.07 Å². The number of hydrogen-bond donors (Lipinski definition) is 2. The van der Waals surface area contributed by atoms with Crippen LogP contribution in [-0.2, 0) is 6.18 Å². The average molecular weight is 435 g/mol. The number of rotatable bonds is 4. The Kier molecular flexibility index (Phi) is 5.48. The summed E-state index contributed by atoms with van der Waals surface area (Å²) in [7, 11) is 0. The first-order valence-corrected chi connectivity index (χ1v) is 9.84. The minimum absolute atomic E-state index is 0.0263. The Hall–Kier alpha value is -3.28. The predicted molar refractivity (Wildman–Crippen MR) is 105 cm³/mol. The first-order chi connectivity index (χ1) is 14.4. The van der Waals surface area contributed by atoms with Crippen molar-refractivity contribution in [2.45, 2.75) is 18.6 Å². The monoisotopic (exact) mass is 435 g/mol. The second kappa shape index (κ2) is 8.22. The Bertz CT molecular complexity index is 1010. The van der Waals surface area contributed by atoms with Crippen LogP contribution in [0.2, 0.25) is 0 Å². The minimum Gasteiger partial charge on any atom is -0.354 e. The number of urea groups is 1. The number of pyridine rings is 1. The third-order valence-corrected chi connectivity index (χ3v) is 5.15. The van der Waals surface area contributed by atoms with E-state index in [2.05, 4.69) is 30.6 Å². The molecule has 1 saturated heterocycles. The molecule has 2 amide bonds. The molecule has 1 aliphatic heterocycles. The van der Waals surface area contributed by atoms with Gasteiger partial charge in [-0.05, 0) is 18.6 Å². The molecule has 12 heteroatoms. The minimum atomic E-state index is -4.61. The Morgan fingerprint density at radius 2 is 2.00 bits per heavy atom. The maximum absolute atomic E-state index is 13.4. The maximum Gasteiger partial charge on any atom is 0.433 e. The highest BCUT2D eigenvalue weighted by Crippen LogP contribution is 2.32. The number of nitrogens with zero attached hydrogens (tertiary/aromatic N) is 5. The standard InChI is InChI=1S/C18H16F3N7OS/c19-18(20,21)13-7-14(26-16(25-13)11-1-4-22-5-2-11)28-6-3-12(9-28)24-17(29)27-15-8-23-10-30-15/h1-2,4-5,7-8,10,12H,3,6,9H2,(H2,24,27,29). The van der Waals surface area contributed by atoms with Crippen molar-refractivity contribution in [1.29, 1.82) is 0 Å². The summed E-state index contributed by atoms with van der Waals surface area (Å²) < 4.78 is 40.2. The van der Waals surface area contributed by atoms with Gasteiger partial charge in [-0.1, -0.05) is 0 Å². The van der Waals surface area contributed by atoms with Gasteiger partial charge in [0, 0.05) is 43.2 Å². The number of thiazole rings is 1. The Balaban J connectivity index is 1.51. The van der Waals surface area contributed by atoms with Gasteiger partial charge in [-0.2, -0.15) is 13.2 Å². The number of alkyl halides is 3. The van der Waals surface area contributed by atoms with Gasteiger partial charge >= 0.3 is 12.2 Å². The molecular weight excluding hydrogens is 419 g/mol. The Labute approximate surface area is 173 Å². The molecule has 1 aliphatic rings. The zero-order valence-corrected chi connectivity index (χ0v) is 16.2. The van der Waals surface area contributed by atoms with Gasteiger partial charge in [0.1, 0.15) is 10.8 Å². The number of hydrogen-bond acceptors (Lipinski definition) is 7. The van der Waals surface area contributed by atoms with Crippen molar-refractivity contribution in [3.63, 3.8) is 0 Å². The number of carbonyl (C=O) groups is 1. The zero-order valence-electron chi connectivity index (χ0n) is 15.4. The zero-order chi connectivity index (χ0) is 21.1. The number of amides is 2. The van der Waals surface area contributed by atoms with E-state index >= 15 is 0 Å². The number of halogens is 3. The van der Waals surface area contributed by atoms with E-state index in [1.54, 1.807) is 22.5 Å². The quantitative estimate of drug-likeness (QED) is 0.652. The maximum atomic E-state index is 13.4. The van der Waals surface area contributed by atoms with Gasteiger partial charge in [-0.3, -0.25) is 15.3 Å². The molecule has 30 heavy (non-hydrogen) atoms. The molecule has 0 saturated carbocycles. The summed E-state index contributed by atoms with van der Waals surface area (Å²) in [5.74, 6) is 0.137. The molecule has 4 heterocycles. The van der Waals surface area contributed by atoms with Crippen LogP contribution in [0.25, 0.3) is 11.4 Å². The predicted octanol–water partition coefficient (Wildman–Crippen LogP) is 3.41. The number of nitrogens with one attached hydrogen (secondary N) is 2. The largest absolute Gasteiger partial charge is 0.433 e. The lowest BCUT2D eigenvalue weighted by molar-refractivity contribution is -0.141. The molecule has 0 aromatic carbocycles. The van der Waals surface area contributed by atoms with E-state index in [1.807, 2.05) is 0 Å². The molecular formula is C18H16F3N7OS. The third-order valence-electron chi connectivity index (χ3n) is 4.46. The molecule has 1 atom stereocenters. The van der Waals surface area contributed by atoms with Crippen LogP contribution in [-0.4, -0.2) is 45.1 Å². The number of carbonyl (C=O) groups excluding carboxylic acids is 1. The molecule has 0 aliphatic carbocycles. The van der Waals surface area contributed by atoms with Gasteiger partial charge in [0.05, 0.1) is 11.7 Å². The molecule has 0 radical (unpaired) electrons. The van der Waals surface area contributed by atoms with E-state index in [4.69, 9.17) is 0 Å². The van der Waals surface area contributed by atoms with Gasteiger partial charge in [-0.15, -0.1) is 11.3 Å². The average Bonchev–Trinajstić information content (AvgIpc) is 3.40. The van der Waals surface area contributed by atoms with Crippen LogP contribution in [0.4, 0.5) is 28.8 Å². The van der Waals surface area contributed by atoms with E-state index in [9.17, 15) is 18.0 Å². The Morgan fingerprint density at radius 1 is 1.20 bits per heavy atom. The Morgan fingerprint density at radius 3 is 2.70 bits per heavy atom. The van der Waals surface area contributed by atoms with Crippen molar-refractivity contribution in [2.75, 3.05) is 23.3 Å². The molecule has 8 nitrogen and oxygen atoms in total. The molecule has 0 bridgehead atoms. The topological polar surface area (TPSA) is 95.9 Å². The van der Waals surface area contributed by atoms with Crippen molar-refractivity contribution >= 4 is 28.2 Å². The van der Waals surface area contributed by atoms with E-state index < -0.39 is 11.9 Å². The molecule has 3 aromatic heterocycles. The normalized spacial score (nSPS) is 16.5. The van der Waals surface area contributed by atoms with Crippen molar-refractivity contribution < 1.29 is 18.0 Å². The molecule has 156 valence electrons. The van der Waals surface area contributed by atoms with E-state index in [0.29, 0.717) is 30.1 Å². The summed E-state index contributed by atoms with van der Waals surface area (Å²) >= 11 is 1.29. The number of anilines is 2. The lowest BCUT2D eigenvalue weighted by Crippen LogP contribution is -2.39. The fourth-order valence-corrected chi connectivity index (χ4v) is 3.58. The summed E-state index contributed by atoms with van der Waals surface area (Å²) in [5, 5.41) is 6.10. The van der Waals surface area contributed by atoms with Crippen molar-refractivity contribution in [3.8, 4) is 11.4 Å². The number of aromatic nitrogens is 4. The van der Waals surface area contributed by atoms with Crippen LogP contribution in [0, 0.1) is 0 Å². The smallest absolute Gasteiger partial charge is 0.354 e. The second-order valence-electron chi connectivity index (χ2n) is 6.56. The fraction of sp³-hybridized carbons (Fsp3) is 0.278. The molecule has 2 N–H and O–H groups in total. The van der Waals surface area contributed by atoms with Gasteiger partial charge in [0.15, 0.2) is 11.5 Å². The summed E-state index contributed by atoms with van der Waals surface area (Å²) in [4.78, 5) is 29.6. The van der Waals surface area contributed by atoms with E-state index in [1.165, 1.54) is 29.9 Å². The van der Waals surface area contributed by atoms with Gasteiger partial charge in [0.2, 0.25) is 0 Å². The highest BCUT2D eigenvalue weighted by Gasteiger charge is 2.35. The molecule has 1 fully saturated rings. The SMILES string of the molecule is O=C(Nc1cncs1)NC1CCN(c2cc(C(F)(F)F)nc(-c3ccncc3)n2)C1. The summed E-state index contributed by atoms with van der Waals surface area (Å²) in [5.41, 5.74) is 1.02. The first kappa shape index (κ1) is 20.0.